The van der Waals surface area contributed by atoms with Crippen LogP contribution in [0.1, 0.15) is 24.8 Å². The van der Waals surface area contributed by atoms with Crippen LogP contribution in [-0.2, 0) is 4.74 Å². The summed E-state index contributed by atoms with van der Waals surface area (Å²) in [5.41, 5.74) is 2.26. The van der Waals surface area contributed by atoms with Gasteiger partial charge in [0, 0.05) is 7.11 Å². The zero-order valence-electron chi connectivity index (χ0n) is 10.2. The molecule has 0 aliphatic heterocycles. The van der Waals surface area contributed by atoms with Gasteiger partial charge in [0.25, 0.3) is 0 Å². The van der Waals surface area contributed by atoms with Crippen molar-refractivity contribution in [1.29, 1.82) is 0 Å². The molecule has 0 aromatic heterocycles. The topological polar surface area (TPSA) is 18.5 Å². The summed E-state index contributed by atoms with van der Waals surface area (Å²) >= 11 is 6.29. The molecule has 1 unspecified atom stereocenters. The molecule has 0 heterocycles. The number of halogens is 1. The molecule has 1 aliphatic carbocycles. The van der Waals surface area contributed by atoms with Crippen LogP contribution in [0.25, 0.3) is 5.57 Å². The van der Waals surface area contributed by atoms with E-state index in [2.05, 4.69) is 6.08 Å². The number of benzene rings is 1. The smallest absolute Gasteiger partial charge is 0.120 e. The first kappa shape index (κ1) is 12.5. The second kappa shape index (κ2) is 5.56. The minimum absolute atomic E-state index is 0.162. The quantitative estimate of drug-likeness (QED) is 0.812. The van der Waals surface area contributed by atoms with Gasteiger partial charge in [0.15, 0.2) is 0 Å². The molecule has 0 saturated carbocycles. The summed E-state index contributed by atoms with van der Waals surface area (Å²) < 4.78 is 10.7. The number of ether oxygens (including phenoxy) is 2. The molecule has 0 amide bonds. The van der Waals surface area contributed by atoms with E-state index in [9.17, 15) is 0 Å². The van der Waals surface area contributed by atoms with Crippen LogP contribution in [0.15, 0.2) is 24.3 Å². The van der Waals surface area contributed by atoms with Crippen molar-refractivity contribution in [3.05, 3.63) is 34.9 Å². The predicted molar refractivity (Wildman–Crippen MR) is 70.6 cm³/mol. The molecule has 2 nitrogen and oxygen atoms in total. The van der Waals surface area contributed by atoms with Gasteiger partial charge in [0.05, 0.1) is 18.2 Å². The van der Waals surface area contributed by atoms with Crippen molar-refractivity contribution in [1.82, 2.24) is 0 Å². The summed E-state index contributed by atoms with van der Waals surface area (Å²) in [6.45, 7) is 0. The van der Waals surface area contributed by atoms with Gasteiger partial charge in [-0.2, -0.15) is 0 Å². The molecule has 0 saturated heterocycles. The summed E-state index contributed by atoms with van der Waals surface area (Å²) in [4.78, 5) is 0. The first-order valence-corrected chi connectivity index (χ1v) is 6.21. The minimum Gasteiger partial charge on any atom is -0.497 e. The van der Waals surface area contributed by atoms with E-state index in [-0.39, 0.29) is 6.10 Å². The molecular weight excluding hydrogens is 236 g/mol. The number of rotatable bonds is 3. The summed E-state index contributed by atoms with van der Waals surface area (Å²) in [6, 6.07) is 5.78. The lowest BCUT2D eigenvalue weighted by Crippen LogP contribution is -2.16. The van der Waals surface area contributed by atoms with Crippen LogP contribution in [0.2, 0.25) is 5.02 Å². The fraction of sp³-hybridized carbons (Fsp3) is 0.429. The van der Waals surface area contributed by atoms with Crippen molar-refractivity contribution in [2.24, 2.45) is 0 Å². The monoisotopic (exact) mass is 252 g/mol. The Bertz CT molecular complexity index is 426. The molecule has 1 atom stereocenters. The first-order valence-electron chi connectivity index (χ1n) is 5.83. The van der Waals surface area contributed by atoms with E-state index in [4.69, 9.17) is 21.1 Å². The molecule has 1 aromatic carbocycles. The van der Waals surface area contributed by atoms with E-state index in [1.165, 1.54) is 12.0 Å². The van der Waals surface area contributed by atoms with E-state index in [0.717, 1.165) is 29.2 Å². The average Bonchev–Trinajstić information content (AvgIpc) is 2.38. The summed E-state index contributed by atoms with van der Waals surface area (Å²) in [5, 5.41) is 0.722. The molecule has 17 heavy (non-hydrogen) atoms. The maximum absolute atomic E-state index is 6.29. The molecule has 2 rings (SSSR count). The first-order chi connectivity index (χ1) is 8.26. The fourth-order valence-electron chi connectivity index (χ4n) is 2.23. The summed E-state index contributed by atoms with van der Waals surface area (Å²) in [5.74, 6) is 0.782. The van der Waals surface area contributed by atoms with Crippen molar-refractivity contribution >= 4 is 17.2 Å². The fourth-order valence-corrected chi connectivity index (χ4v) is 2.51. The van der Waals surface area contributed by atoms with Crippen LogP contribution in [0, 0.1) is 0 Å². The van der Waals surface area contributed by atoms with E-state index in [0.29, 0.717) is 0 Å². The van der Waals surface area contributed by atoms with Gasteiger partial charge >= 0.3 is 0 Å². The Hall–Kier alpha value is -0.990. The maximum Gasteiger partial charge on any atom is 0.120 e. The van der Waals surface area contributed by atoms with Gasteiger partial charge in [-0.05, 0) is 48.6 Å². The third-order valence-electron chi connectivity index (χ3n) is 3.15. The SMILES string of the molecule is COc1ccc(C2=CCCCC2OC)c(Cl)c1. The standard InChI is InChI=1S/C14H17ClO2/c1-16-10-7-8-11(13(15)9-10)12-5-3-4-6-14(12)17-2/h5,7-9,14H,3-4,6H2,1-2H3. The van der Waals surface area contributed by atoms with Crippen LogP contribution in [0.4, 0.5) is 0 Å². The molecular formula is C14H17ClO2. The van der Waals surface area contributed by atoms with Gasteiger partial charge in [-0.25, -0.2) is 0 Å². The van der Waals surface area contributed by atoms with Crippen molar-refractivity contribution in [3.63, 3.8) is 0 Å². The van der Waals surface area contributed by atoms with Gasteiger partial charge in [-0.15, -0.1) is 0 Å². The summed E-state index contributed by atoms with van der Waals surface area (Å²) in [6.07, 6.45) is 5.72. The number of methoxy groups -OCH3 is 2. The van der Waals surface area contributed by atoms with E-state index < -0.39 is 0 Å². The zero-order valence-corrected chi connectivity index (χ0v) is 11.0. The van der Waals surface area contributed by atoms with Crippen molar-refractivity contribution in [2.75, 3.05) is 14.2 Å². The Balaban J connectivity index is 2.35. The number of hydrogen-bond acceptors (Lipinski definition) is 2. The van der Waals surface area contributed by atoms with Crippen molar-refractivity contribution in [3.8, 4) is 5.75 Å². The number of hydrogen-bond donors (Lipinski definition) is 0. The Kier molecular flexibility index (Phi) is 4.08. The molecule has 0 radical (unpaired) electrons. The zero-order chi connectivity index (χ0) is 12.3. The van der Waals surface area contributed by atoms with Crippen LogP contribution < -0.4 is 4.74 Å². The molecule has 0 bridgehead atoms. The van der Waals surface area contributed by atoms with Crippen LogP contribution in [-0.4, -0.2) is 20.3 Å². The van der Waals surface area contributed by atoms with Gasteiger partial charge in [0.2, 0.25) is 0 Å². The van der Waals surface area contributed by atoms with E-state index in [1.54, 1.807) is 14.2 Å². The molecule has 92 valence electrons. The molecule has 0 N–H and O–H groups in total. The van der Waals surface area contributed by atoms with Crippen LogP contribution >= 0.6 is 11.6 Å². The number of allylic oxidation sites excluding steroid dienone is 1. The van der Waals surface area contributed by atoms with E-state index in [1.807, 2.05) is 18.2 Å². The molecule has 3 heteroatoms. The Morgan fingerprint density at radius 1 is 1.29 bits per heavy atom. The summed E-state index contributed by atoms with van der Waals surface area (Å²) in [7, 11) is 3.39. The third-order valence-corrected chi connectivity index (χ3v) is 3.47. The highest BCUT2D eigenvalue weighted by Gasteiger charge is 2.20. The lowest BCUT2D eigenvalue weighted by molar-refractivity contribution is 0.136. The van der Waals surface area contributed by atoms with Crippen molar-refractivity contribution in [2.45, 2.75) is 25.4 Å². The average molecular weight is 253 g/mol. The molecule has 1 aliphatic rings. The molecule has 1 aromatic rings. The second-order valence-electron chi connectivity index (χ2n) is 4.16. The lowest BCUT2D eigenvalue weighted by atomic mass is 9.91. The van der Waals surface area contributed by atoms with Gasteiger partial charge < -0.3 is 9.47 Å². The predicted octanol–water partition coefficient (Wildman–Crippen LogP) is 3.93. The second-order valence-corrected chi connectivity index (χ2v) is 4.57. The maximum atomic E-state index is 6.29. The Labute approximate surface area is 107 Å². The molecule has 0 fully saturated rings. The molecule has 0 spiro atoms. The van der Waals surface area contributed by atoms with Crippen molar-refractivity contribution < 1.29 is 9.47 Å². The van der Waals surface area contributed by atoms with Crippen LogP contribution in [0.5, 0.6) is 5.75 Å². The highest BCUT2D eigenvalue weighted by Crippen LogP contribution is 2.34. The van der Waals surface area contributed by atoms with E-state index >= 15 is 0 Å². The Morgan fingerprint density at radius 3 is 2.76 bits per heavy atom. The lowest BCUT2D eigenvalue weighted by Gasteiger charge is -2.24. The largest absolute Gasteiger partial charge is 0.497 e. The third kappa shape index (κ3) is 2.64. The van der Waals surface area contributed by atoms with Gasteiger partial charge in [0.1, 0.15) is 5.75 Å². The highest BCUT2D eigenvalue weighted by atomic mass is 35.5. The van der Waals surface area contributed by atoms with Crippen LogP contribution in [0.3, 0.4) is 0 Å². The normalized spacial score (nSPS) is 19.9. The minimum atomic E-state index is 0.162. The van der Waals surface area contributed by atoms with Gasteiger partial charge in [-0.3, -0.25) is 0 Å². The highest BCUT2D eigenvalue weighted by molar-refractivity contribution is 6.32. The van der Waals surface area contributed by atoms with Gasteiger partial charge in [-0.1, -0.05) is 17.7 Å². The Morgan fingerprint density at radius 2 is 2.12 bits per heavy atom.